The van der Waals surface area contributed by atoms with E-state index < -0.39 is 0 Å². The van der Waals surface area contributed by atoms with Crippen LogP contribution in [-0.2, 0) is 9.47 Å². The Balaban J connectivity index is 1.44. The number of rotatable bonds is 4. The van der Waals surface area contributed by atoms with Gasteiger partial charge in [0.25, 0.3) is 0 Å². The number of fused-ring (bicyclic) bond motifs is 3. The van der Waals surface area contributed by atoms with Crippen molar-refractivity contribution in [2.45, 2.75) is 62.9 Å². The highest BCUT2D eigenvalue weighted by Crippen LogP contribution is 2.36. The maximum Gasteiger partial charge on any atom is 0.164 e. The fourth-order valence-electron chi connectivity index (χ4n) is 5.45. The van der Waals surface area contributed by atoms with Crippen molar-refractivity contribution in [3.05, 3.63) is 36.5 Å². The fraction of sp³-hybridized carbons (Fsp3) is 0.542. The van der Waals surface area contributed by atoms with E-state index in [1.54, 1.807) is 0 Å². The number of methoxy groups -OCH3 is 1. The van der Waals surface area contributed by atoms with Gasteiger partial charge in [-0.3, -0.25) is 0 Å². The smallest absolute Gasteiger partial charge is 0.164 e. The van der Waals surface area contributed by atoms with E-state index in [2.05, 4.69) is 21.7 Å². The van der Waals surface area contributed by atoms with Gasteiger partial charge >= 0.3 is 0 Å². The third-order valence-corrected chi connectivity index (χ3v) is 7.13. The van der Waals surface area contributed by atoms with Crippen molar-refractivity contribution in [3.63, 3.8) is 0 Å². The lowest BCUT2D eigenvalue weighted by Crippen LogP contribution is -2.43. The van der Waals surface area contributed by atoms with Crippen LogP contribution in [0.15, 0.2) is 36.5 Å². The number of nitrogens with zero attached hydrogens (tertiary/aromatic N) is 5. The zero-order chi connectivity index (χ0) is 20.8. The van der Waals surface area contributed by atoms with Gasteiger partial charge in [-0.05, 0) is 38.5 Å². The Bertz CT molecular complexity index is 1050. The van der Waals surface area contributed by atoms with Gasteiger partial charge in [-0.1, -0.05) is 30.3 Å². The Morgan fingerprint density at radius 2 is 1.68 bits per heavy atom. The standard InChI is InChI=1S/C24H29N5O2/c1-30-18-9-7-17(8-10-18)29-24-21(13-25-29)23(28-14-19-11-12-20(15-28)31-19)26-22(27-24)16-5-3-2-4-6-16/h2-6,13,17-20H,7-12,14-15H2,1H3. The lowest BCUT2D eigenvalue weighted by molar-refractivity contribution is 0.0303. The molecule has 2 bridgehead atoms. The fourth-order valence-corrected chi connectivity index (χ4v) is 5.45. The lowest BCUT2D eigenvalue weighted by atomic mass is 9.93. The van der Waals surface area contributed by atoms with E-state index in [1.165, 1.54) is 0 Å². The van der Waals surface area contributed by atoms with Crippen molar-refractivity contribution in [2.75, 3.05) is 25.1 Å². The molecule has 162 valence electrons. The normalized spacial score (nSPS) is 28.4. The van der Waals surface area contributed by atoms with Crippen molar-refractivity contribution in [1.29, 1.82) is 0 Å². The third kappa shape index (κ3) is 3.49. The van der Waals surface area contributed by atoms with E-state index >= 15 is 0 Å². The molecule has 2 unspecified atom stereocenters. The molecule has 7 heteroatoms. The quantitative estimate of drug-likeness (QED) is 0.637. The highest BCUT2D eigenvalue weighted by Gasteiger charge is 2.35. The number of hydrogen-bond acceptors (Lipinski definition) is 6. The summed E-state index contributed by atoms with van der Waals surface area (Å²) in [6.07, 6.45) is 9.51. The molecule has 0 spiro atoms. The Morgan fingerprint density at radius 3 is 2.39 bits per heavy atom. The zero-order valence-electron chi connectivity index (χ0n) is 18.0. The number of morpholine rings is 1. The first-order chi connectivity index (χ1) is 15.3. The zero-order valence-corrected chi connectivity index (χ0v) is 18.0. The summed E-state index contributed by atoms with van der Waals surface area (Å²) in [5.74, 6) is 1.77. The van der Waals surface area contributed by atoms with Gasteiger partial charge in [0.15, 0.2) is 11.5 Å². The Morgan fingerprint density at radius 1 is 0.935 bits per heavy atom. The number of benzene rings is 1. The van der Waals surface area contributed by atoms with Crippen LogP contribution in [0.2, 0.25) is 0 Å². The second-order valence-corrected chi connectivity index (χ2v) is 9.09. The van der Waals surface area contributed by atoms with E-state index in [0.29, 0.717) is 24.4 Å². The molecule has 0 N–H and O–H groups in total. The van der Waals surface area contributed by atoms with Crippen LogP contribution < -0.4 is 4.90 Å². The Kier molecular flexibility index (Phi) is 4.88. The van der Waals surface area contributed by atoms with Gasteiger partial charge in [0, 0.05) is 25.8 Å². The van der Waals surface area contributed by atoms with Gasteiger partial charge in [0.05, 0.1) is 35.9 Å². The van der Waals surface area contributed by atoms with Gasteiger partial charge in [0.2, 0.25) is 0 Å². The van der Waals surface area contributed by atoms with Crippen LogP contribution in [0.5, 0.6) is 0 Å². The van der Waals surface area contributed by atoms with E-state index in [9.17, 15) is 0 Å². The molecule has 0 amide bonds. The van der Waals surface area contributed by atoms with Gasteiger partial charge in [-0.2, -0.15) is 5.10 Å². The molecule has 2 aliphatic heterocycles. The molecule has 6 rings (SSSR count). The van der Waals surface area contributed by atoms with Gasteiger partial charge in [-0.25, -0.2) is 14.6 Å². The maximum atomic E-state index is 6.08. The van der Waals surface area contributed by atoms with Crippen molar-refractivity contribution in [2.24, 2.45) is 0 Å². The summed E-state index contributed by atoms with van der Waals surface area (Å²) in [5.41, 5.74) is 1.99. The molecule has 1 saturated carbocycles. The molecular formula is C24H29N5O2. The molecule has 1 aromatic carbocycles. The topological polar surface area (TPSA) is 65.3 Å². The molecule has 3 aliphatic rings. The summed E-state index contributed by atoms with van der Waals surface area (Å²) >= 11 is 0. The summed E-state index contributed by atoms with van der Waals surface area (Å²) in [7, 11) is 1.81. The average molecular weight is 420 g/mol. The van der Waals surface area contributed by atoms with Crippen LogP contribution in [0.1, 0.15) is 44.6 Å². The molecule has 0 radical (unpaired) electrons. The first-order valence-electron chi connectivity index (χ1n) is 11.5. The van der Waals surface area contributed by atoms with Gasteiger partial charge < -0.3 is 14.4 Å². The molecule has 7 nitrogen and oxygen atoms in total. The van der Waals surface area contributed by atoms with Crippen LogP contribution in [0.25, 0.3) is 22.4 Å². The summed E-state index contributed by atoms with van der Waals surface area (Å²) in [6, 6.07) is 10.6. The van der Waals surface area contributed by atoms with Gasteiger partial charge in [0.1, 0.15) is 5.82 Å². The monoisotopic (exact) mass is 419 g/mol. The van der Waals surface area contributed by atoms with Crippen LogP contribution in [0.4, 0.5) is 5.82 Å². The molecule has 2 saturated heterocycles. The van der Waals surface area contributed by atoms with Crippen molar-refractivity contribution >= 4 is 16.9 Å². The molecule has 31 heavy (non-hydrogen) atoms. The summed E-state index contributed by atoms with van der Waals surface area (Å²) in [5, 5.41) is 5.88. The number of hydrogen-bond donors (Lipinski definition) is 0. The average Bonchev–Trinajstić information content (AvgIpc) is 3.41. The summed E-state index contributed by atoms with van der Waals surface area (Å²) in [4.78, 5) is 12.5. The highest BCUT2D eigenvalue weighted by atomic mass is 16.5. The predicted molar refractivity (Wildman–Crippen MR) is 119 cm³/mol. The van der Waals surface area contributed by atoms with E-state index in [4.69, 9.17) is 24.5 Å². The number of ether oxygens (including phenoxy) is 2. The highest BCUT2D eigenvalue weighted by molar-refractivity contribution is 5.89. The van der Waals surface area contributed by atoms with Gasteiger partial charge in [-0.15, -0.1) is 0 Å². The molecule has 2 atom stereocenters. The molecule has 3 aromatic rings. The van der Waals surface area contributed by atoms with Crippen molar-refractivity contribution in [1.82, 2.24) is 19.7 Å². The molecule has 3 fully saturated rings. The Labute approximate surface area is 182 Å². The van der Waals surface area contributed by atoms with Crippen molar-refractivity contribution < 1.29 is 9.47 Å². The van der Waals surface area contributed by atoms with E-state index in [1.807, 2.05) is 31.5 Å². The van der Waals surface area contributed by atoms with Crippen LogP contribution >= 0.6 is 0 Å². The molecular weight excluding hydrogens is 390 g/mol. The van der Waals surface area contributed by atoms with E-state index in [0.717, 1.165) is 79.9 Å². The first kappa shape index (κ1) is 19.2. The number of anilines is 1. The minimum atomic E-state index is 0.309. The van der Waals surface area contributed by atoms with Crippen LogP contribution in [-0.4, -0.2) is 58.3 Å². The van der Waals surface area contributed by atoms with Crippen LogP contribution in [0.3, 0.4) is 0 Å². The molecule has 1 aliphatic carbocycles. The lowest BCUT2D eigenvalue weighted by Gasteiger charge is -2.33. The minimum absolute atomic E-state index is 0.309. The first-order valence-corrected chi connectivity index (χ1v) is 11.5. The minimum Gasteiger partial charge on any atom is -0.381 e. The SMILES string of the molecule is COC1CCC(n2ncc3c(N4CC5CCC(C4)O5)nc(-c4ccccc4)nc32)CC1. The molecule has 4 heterocycles. The molecule has 2 aromatic heterocycles. The largest absolute Gasteiger partial charge is 0.381 e. The van der Waals surface area contributed by atoms with Crippen molar-refractivity contribution in [3.8, 4) is 11.4 Å². The summed E-state index contributed by atoms with van der Waals surface area (Å²) < 4.78 is 13.8. The maximum absolute atomic E-state index is 6.08. The Hall–Kier alpha value is -2.51. The third-order valence-electron chi connectivity index (χ3n) is 7.13. The van der Waals surface area contributed by atoms with E-state index in [-0.39, 0.29) is 0 Å². The summed E-state index contributed by atoms with van der Waals surface area (Å²) in [6.45, 7) is 1.78. The second-order valence-electron chi connectivity index (χ2n) is 9.09. The second kappa shape index (κ2) is 7.88. The number of aromatic nitrogens is 4. The van der Waals surface area contributed by atoms with Crippen LogP contribution in [0, 0.1) is 0 Å². The predicted octanol–water partition coefficient (Wildman–Crippen LogP) is 3.99.